The molecule has 76 valence electrons. The van der Waals surface area contributed by atoms with Crippen LogP contribution in [0.3, 0.4) is 0 Å². The molecule has 1 unspecified atom stereocenters. The maximum Gasteiger partial charge on any atom is 0.302 e. The summed E-state index contributed by atoms with van der Waals surface area (Å²) in [6, 6.07) is 9.31. The van der Waals surface area contributed by atoms with E-state index >= 15 is 0 Å². The Labute approximate surface area is 83.3 Å². The van der Waals surface area contributed by atoms with E-state index in [-0.39, 0.29) is 12.6 Å². The summed E-state index contributed by atoms with van der Waals surface area (Å²) in [7, 11) is 0. The summed E-state index contributed by atoms with van der Waals surface area (Å²) in [5, 5.41) is 9.64. The van der Waals surface area contributed by atoms with Crippen molar-refractivity contribution in [2.45, 2.75) is 19.4 Å². The Bertz CT molecular complexity index is 282. The van der Waals surface area contributed by atoms with E-state index in [0.29, 0.717) is 6.42 Å². The Morgan fingerprint density at radius 3 is 2.64 bits per heavy atom. The maximum atomic E-state index is 10.5. The standard InChI is InChI=1S/C11H14O3/c1-9(12)14-8-7-11(13)10-5-3-2-4-6-10/h2-6,11,13H,7-8H2,1H3. The van der Waals surface area contributed by atoms with Gasteiger partial charge in [0.25, 0.3) is 0 Å². The average molecular weight is 194 g/mol. The van der Waals surface area contributed by atoms with E-state index in [0.717, 1.165) is 5.56 Å². The number of ether oxygens (including phenoxy) is 1. The number of aliphatic hydroxyl groups excluding tert-OH is 1. The van der Waals surface area contributed by atoms with E-state index in [4.69, 9.17) is 4.74 Å². The maximum absolute atomic E-state index is 10.5. The molecule has 1 aromatic carbocycles. The molecule has 14 heavy (non-hydrogen) atoms. The molecule has 1 atom stereocenters. The van der Waals surface area contributed by atoms with Crippen LogP contribution in [0.25, 0.3) is 0 Å². The fourth-order valence-electron chi connectivity index (χ4n) is 1.16. The van der Waals surface area contributed by atoms with Crippen LogP contribution in [0, 0.1) is 0 Å². The van der Waals surface area contributed by atoms with Crippen molar-refractivity contribution in [2.24, 2.45) is 0 Å². The van der Waals surface area contributed by atoms with E-state index in [2.05, 4.69) is 0 Å². The molecule has 1 aromatic rings. The highest BCUT2D eigenvalue weighted by molar-refractivity contribution is 5.65. The summed E-state index contributed by atoms with van der Waals surface area (Å²) < 4.78 is 4.74. The summed E-state index contributed by atoms with van der Waals surface area (Å²) in [6.07, 6.45) is -0.126. The highest BCUT2D eigenvalue weighted by Gasteiger charge is 2.06. The monoisotopic (exact) mass is 194 g/mol. The molecular formula is C11H14O3. The molecule has 0 saturated heterocycles. The molecule has 3 nitrogen and oxygen atoms in total. The summed E-state index contributed by atoms with van der Waals surface area (Å²) in [6.45, 7) is 1.61. The van der Waals surface area contributed by atoms with Crippen molar-refractivity contribution >= 4 is 5.97 Å². The minimum Gasteiger partial charge on any atom is -0.466 e. The zero-order valence-electron chi connectivity index (χ0n) is 8.14. The van der Waals surface area contributed by atoms with Gasteiger partial charge in [-0.1, -0.05) is 30.3 Å². The quantitative estimate of drug-likeness (QED) is 0.742. The molecule has 3 heteroatoms. The van der Waals surface area contributed by atoms with Crippen LogP contribution in [0.15, 0.2) is 30.3 Å². The summed E-state index contributed by atoms with van der Waals surface area (Å²) >= 11 is 0. The molecule has 0 aromatic heterocycles. The predicted octanol–water partition coefficient (Wildman–Crippen LogP) is 1.67. The number of esters is 1. The van der Waals surface area contributed by atoms with Crippen LogP contribution < -0.4 is 0 Å². The van der Waals surface area contributed by atoms with Gasteiger partial charge in [0.2, 0.25) is 0 Å². The van der Waals surface area contributed by atoms with Crippen molar-refractivity contribution in [2.75, 3.05) is 6.61 Å². The number of hydrogen-bond acceptors (Lipinski definition) is 3. The van der Waals surface area contributed by atoms with Crippen LogP contribution in [0.4, 0.5) is 0 Å². The van der Waals surface area contributed by atoms with Crippen LogP contribution in [0.1, 0.15) is 25.0 Å². The van der Waals surface area contributed by atoms with Gasteiger partial charge in [-0.3, -0.25) is 4.79 Å². The summed E-state index contributed by atoms with van der Waals surface area (Å²) in [5.41, 5.74) is 0.847. The minimum absolute atomic E-state index is 0.255. The van der Waals surface area contributed by atoms with E-state index in [1.165, 1.54) is 6.92 Å². The zero-order valence-corrected chi connectivity index (χ0v) is 8.14. The number of benzene rings is 1. The van der Waals surface area contributed by atoms with Crippen molar-refractivity contribution in [3.05, 3.63) is 35.9 Å². The Balaban J connectivity index is 2.36. The van der Waals surface area contributed by atoms with E-state index < -0.39 is 6.10 Å². The summed E-state index contributed by atoms with van der Waals surface area (Å²) in [4.78, 5) is 10.5. The Hall–Kier alpha value is -1.35. The van der Waals surface area contributed by atoms with Crippen molar-refractivity contribution < 1.29 is 14.6 Å². The van der Waals surface area contributed by atoms with E-state index in [1.54, 1.807) is 0 Å². The molecule has 0 heterocycles. The average Bonchev–Trinajstić information content (AvgIpc) is 2.18. The first-order chi connectivity index (χ1) is 6.70. The Kier molecular flexibility index (Phi) is 4.13. The molecule has 1 N–H and O–H groups in total. The third-order valence-electron chi connectivity index (χ3n) is 1.88. The van der Waals surface area contributed by atoms with Crippen molar-refractivity contribution in [1.82, 2.24) is 0 Å². The molecule has 1 rings (SSSR count). The van der Waals surface area contributed by atoms with Crippen LogP contribution in [0.5, 0.6) is 0 Å². The second-order valence-corrected chi connectivity index (χ2v) is 3.06. The van der Waals surface area contributed by atoms with Gasteiger partial charge in [0.15, 0.2) is 0 Å². The van der Waals surface area contributed by atoms with Gasteiger partial charge in [-0.25, -0.2) is 0 Å². The smallest absolute Gasteiger partial charge is 0.302 e. The first kappa shape index (κ1) is 10.7. The third kappa shape index (κ3) is 3.58. The van der Waals surface area contributed by atoms with E-state index in [9.17, 15) is 9.90 Å². The second-order valence-electron chi connectivity index (χ2n) is 3.06. The SMILES string of the molecule is CC(=O)OCCC(O)c1ccccc1. The lowest BCUT2D eigenvalue weighted by Gasteiger charge is -2.10. The Morgan fingerprint density at radius 1 is 1.43 bits per heavy atom. The van der Waals surface area contributed by atoms with Crippen molar-refractivity contribution in [3.8, 4) is 0 Å². The molecule has 0 amide bonds. The van der Waals surface area contributed by atoms with E-state index in [1.807, 2.05) is 30.3 Å². The summed E-state index contributed by atoms with van der Waals surface area (Å²) in [5.74, 6) is -0.315. The number of carbonyl (C=O) groups excluding carboxylic acids is 1. The zero-order chi connectivity index (χ0) is 10.4. The molecule has 0 bridgehead atoms. The molecule has 0 saturated carbocycles. The van der Waals surface area contributed by atoms with Crippen LogP contribution in [-0.2, 0) is 9.53 Å². The van der Waals surface area contributed by atoms with Crippen LogP contribution in [0.2, 0.25) is 0 Å². The first-order valence-corrected chi connectivity index (χ1v) is 4.56. The van der Waals surface area contributed by atoms with Crippen LogP contribution in [-0.4, -0.2) is 17.7 Å². The fourth-order valence-corrected chi connectivity index (χ4v) is 1.16. The number of rotatable bonds is 4. The molecule has 0 radical (unpaired) electrons. The largest absolute Gasteiger partial charge is 0.466 e. The molecule has 0 aliphatic heterocycles. The number of aliphatic hydroxyl groups is 1. The van der Waals surface area contributed by atoms with Gasteiger partial charge in [0.05, 0.1) is 12.7 Å². The Morgan fingerprint density at radius 2 is 2.07 bits per heavy atom. The lowest BCUT2D eigenvalue weighted by atomic mass is 10.1. The van der Waals surface area contributed by atoms with Crippen molar-refractivity contribution in [1.29, 1.82) is 0 Å². The highest BCUT2D eigenvalue weighted by Crippen LogP contribution is 2.15. The fraction of sp³-hybridized carbons (Fsp3) is 0.364. The first-order valence-electron chi connectivity index (χ1n) is 4.56. The molecule has 0 fully saturated rings. The number of hydrogen-bond donors (Lipinski definition) is 1. The van der Waals surface area contributed by atoms with Gasteiger partial charge >= 0.3 is 5.97 Å². The number of carbonyl (C=O) groups is 1. The van der Waals surface area contributed by atoms with Gasteiger partial charge in [0, 0.05) is 13.3 Å². The van der Waals surface area contributed by atoms with Gasteiger partial charge in [0.1, 0.15) is 0 Å². The predicted molar refractivity (Wildman–Crippen MR) is 52.7 cm³/mol. The minimum atomic E-state index is -0.560. The van der Waals surface area contributed by atoms with Gasteiger partial charge in [-0.15, -0.1) is 0 Å². The van der Waals surface area contributed by atoms with Gasteiger partial charge in [-0.05, 0) is 5.56 Å². The molecule has 0 spiro atoms. The molecule has 0 aliphatic rings. The lowest BCUT2D eigenvalue weighted by Crippen LogP contribution is -2.06. The molecule has 0 aliphatic carbocycles. The van der Waals surface area contributed by atoms with Gasteiger partial charge in [-0.2, -0.15) is 0 Å². The topological polar surface area (TPSA) is 46.5 Å². The third-order valence-corrected chi connectivity index (χ3v) is 1.88. The van der Waals surface area contributed by atoms with Gasteiger partial charge < -0.3 is 9.84 Å². The van der Waals surface area contributed by atoms with Crippen molar-refractivity contribution in [3.63, 3.8) is 0 Å². The van der Waals surface area contributed by atoms with Crippen LogP contribution >= 0.6 is 0 Å². The molecular weight excluding hydrogens is 180 g/mol. The lowest BCUT2D eigenvalue weighted by molar-refractivity contribution is -0.141. The second kappa shape index (κ2) is 5.40. The normalized spacial score (nSPS) is 12.1. The highest BCUT2D eigenvalue weighted by atomic mass is 16.5.